The molecule has 8 nitrogen and oxygen atoms in total. The summed E-state index contributed by atoms with van der Waals surface area (Å²) in [6.45, 7) is 7.65. The lowest BCUT2D eigenvalue weighted by Gasteiger charge is -2.34. The van der Waals surface area contributed by atoms with Crippen LogP contribution in [-0.4, -0.2) is 73.1 Å². The molecule has 1 aromatic rings. The highest BCUT2D eigenvalue weighted by Gasteiger charge is 2.29. The van der Waals surface area contributed by atoms with Crippen LogP contribution in [0.1, 0.15) is 49.9 Å². The highest BCUT2D eigenvalue weighted by Crippen LogP contribution is 2.22. The van der Waals surface area contributed by atoms with Gasteiger partial charge in [-0.25, -0.2) is 4.79 Å². The normalized spacial score (nSPS) is 19.2. The van der Waals surface area contributed by atoms with Crippen molar-refractivity contribution in [3.63, 3.8) is 0 Å². The zero-order valence-electron chi connectivity index (χ0n) is 18.6. The van der Waals surface area contributed by atoms with Gasteiger partial charge in [-0.3, -0.25) is 9.59 Å². The molecule has 2 aliphatic heterocycles. The van der Waals surface area contributed by atoms with Crippen molar-refractivity contribution in [1.29, 1.82) is 0 Å². The van der Waals surface area contributed by atoms with Gasteiger partial charge in [0.05, 0.1) is 17.4 Å². The largest absolute Gasteiger partial charge is 0.376 e. The molecule has 1 atom stereocenters. The molecular weight excluding hydrogens is 396 g/mol. The number of likely N-dealkylation sites (tertiary alicyclic amines) is 1. The van der Waals surface area contributed by atoms with Gasteiger partial charge in [0.1, 0.15) is 0 Å². The Morgan fingerprint density at radius 3 is 2.45 bits per heavy atom. The van der Waals surface area contributed by atoms with Crippen LogP contribution in [-0.2, 0) is 9.53 Å². The fourth-order valence-corrected chi connectivity index (χ4v) is 4.16. The van der Waals surface area contributed by atoms with Crippen LogP contribution in [0.25, 0.3) is 0 Å². The third kappa shape index (κ3) is 5.97. The number of amides is 4. The van der Waals surface area contributed by atoms with Crippen LogP contribution in [0.15, 0.2) is 24.3 Å². The van der Waals surface area contributed by atoms with Gasteiger partial charge in [-0.05, 0) is 51.7 Å². The monoisotopic (exact) mass is 430 g/mol. The fourth-order valence-electron chi connectivity index (χ4n) is 4.16. The van der Waals surface area contributed by atoms with E-state index in [4.69, 9.17) is 4.74 Å². The smallest absolute Gasteiger partial charge is 0.319 e. The Bertz CT molecular complexity index is 767. The van der Waals surface area contributed by atoms with Crippen LogP contribution in [0.5, 0.6) is 0 Å². The second-order valence-corrected chi connectivity index (χ2v) is 8.10. The van der Waals surface area contributed by atoms with Crippen molar-refractivity contribution in [2.75, 3.05) is 44.6 Å². The standard InChI is InChI=1S/C23H34N4O4/c1-3-26(4-2)23(30)27-13-11-17(12-14-27)21(28)25-20-10-6-5-9-19(20)22(29)24-16-18-8-7-15-31-18/h5-6,9-10,17-18H,3-4,7-8,11-16H2,1-2H3,(H,24,29)(H,25,28)/t18-/m0/s1. The molecule has 0 bridgehead atoms. The quantitative estimate of drug-likeness (QED) is 0.696. The van der Waals surface area contributed by atoms with Gasteiger partial charge in [-0.15, -0.1) is 0 Å². The average molecular weight is 431 g/mol. The van der Waals surface area contributed by atoms with Gasteiger partial charge in [-0.1, -0.05) is 12.1 Å². The molecule has 31 heavy (non-hydrogen) atoms. The first-order chi connectivity index (χ1) is 15.0. The second kappa shape index (κ2) is 11.1. The Morgan fingerprint density at radius 1 is 1.10 bits per heavy atom. The summed E-state index contributed by atoms with van der Waals surface area (Å²) in [6.07, 6.45) is 3.27. The Balaban J connectivity index is 1.54. The Labute approximate surface area is 184 Å². The second-order valence-electron chi connectivity index (χ2n) is 8.10. The number of urea groups is 1. The third-order valence-corrected chi connectivity index (χ3v) is 6.11. The Kier molecular flexibility index (Phi) is 8.28. The minimum absolute atomic E-state index is 0.0390. The van der Waals surface area contributed by atoms with Crippen LogP contribution < -0.4 is 10.6 Å². The summed E-state index contributed by atoms with van der Waals surface area (Å²) >= 11 is 0. The number of rotatable bonds is 7. The van der Waals surface area contributed by atoms with E-state index in [1.165, 1.54) is 0 Å². The SMILES string of the molecule is CCN(CC)C(=O)N1CCC(C(=O)Nc2ccccc2C(=O)NC[C@@H]2CCCO2)CC1. The molecule has 2 aliphatic rings. The molecule has 170 valence electrons. The van der Waals surface area contributed by atoms with E-state index in [9.17, 15) is 14.4 Å². The molecule has 0 spiro atoms. The van der Waals surface area contributed by atoms with E-state index in [0.29, 0.717) is 56.8 Å². The topological polar surface area (TPSA) is 91.0 Å². The molecule has 8 heteroatoms. The summed E-state index contributed by atoms with van der Waals surface area (Å²) in [6, 6.07) is 7.09. The Hall–Kier alpha value is -2.61. The molecule has 3 rings (SSSR count). The number of hydrogen-bond acceptors (Lipinski definition) is 4. The predicted molar refractivity (Wildman–Crippen MR) is 119 cm³/mol. The molecule has 2 saturated heterocycles. The van der Waals surface area contributed by atoms with E-state index in [1.807, 2.05) is 18.7 Å². The Morgan fingerprint density at radius 2 is 1.81 bits per heavy atom. The number of piperidine rings is 1. The molecule has 2 N–H and O–H groups in total. The molecule has 0 saturated carbocycles. The zero-order chi connectivity index (χ0) is 22.2. The van der Waals surface area contributed by atoms with Crippen LogP contribution in [0.4, 0.5) is 10.5 Å². The van der Waals surface area contributed by atoms with Crippen molar-refractivity contribution in [3.05, 3.63) is 29.8 Å². The molecule has 2 fully saturated rings. The van der Waals surface area contributed by atoms with Crippen molar-refractivity contribution in [2.24, 2.45) is 5.92 Å². The van der Waals surface area contributed by atoms with Gasteiger partial charge in [0.25, 0.3) is 5.91 Å². The maximum Gasteiger partial charge on any atom is 0.319 e. The van der Waals surface area contributed by atoms with Crippen molar-refractivity contribution in [2.45, 2.75) is 45.6 Å². The van der Waals surface area contributed by atoms with E-state index in [0.717, 1.165) is 19.4 Å². The first-order valence-corrected chi connectivity index (χ1v) is 11.4. The van der Waals surface area contributed by atoms with Gasteiger partial charge in [0.2, 0.25) is 5.91 Å². The van der Waals surface area contributed by atoms with Crippen molar-refractivity contribution >= 4 is 23.5 Å². The molecule has 4 amide bonds. The molecule has 2 heterocycles. The number of carbonyl (C=O) groups excluding carboxylic acids is 3. The number of hydrogen-bond donors (Lipinski definition) is 2. The van der Waals surface area contributed by atoms with Crippen LogP contribution in [0, 0.1) is 5.92 Å². The summed E-state index contributed by atoms with van der Waals surface area (Å²) in [7, 11) is 0. The summed E-state index contributed by atoms with van der Waals surface area (Å²) in [4.78, 5) is 41.6. The maximum atomic E-state index is 12.9. The number of para-hydroxylation sites is 1. The van der Waals surface area contributed by atoms with Gasteiger partial charge in [0.15, 0.2) is 0 Å². The minimum atomic E-state index is -0.217. The van der Waals surface area contributed by atoms with Gasteiger partial charge in [-0.2, -0.15) is 0 Å². The van der Waals surface area contributed by atoms with Gasteiger partial charge >= 0.3 is 6.03 Å². The van der Waals surface area contributed by atoms with Gasteiger partial charge < -0.3 is 25.2 Å². The lowest BCUT2D eigenvalue weighted by Crippen LogP contribution is -2.47. The van der Waals surface area contributed by atoms with Crippen molar-refractivity contribution in [3.8, 4) is 0 Å². The molecule has 0 unspecified atom stereocenters. The third-order valence-electron chi connectivity index (χ3n) is 6.11. The molecule has 1 aromatic carbocycles. The highest BCUT2D eigenvalue weighted by atomic mass is 16.5. The van der Waals surface area contributed by atoms with Crippen LogP contribution in [0.3, 0.4) is 0 Å². The first kappa shape index (κ1) is 23.1. The van der Waals surface area contributed by atoms with Crippen LogP contribution in [0.2, 0.25) is 0 Å². The first-order valence-electron chi connectivity index (χ1n) is 11.4. The molecule has 0 aliphatic carbocycles. The number of carbonyl (C=O) groups is 3. The van der Waals surface area contributed by atoms with E-state index in [1.54, 1.807) is 29.2 Å². The number of benzene rings is 1. The zero-order valence-corrected chi connectivity index (χ0v) is 18.6. The minimum Gasteiger partial charge on any atom is -0.376 e. The number of nitrogens with zero attached hydrogens (tertiary/aromatic N) is 2. The van der Waals surface area contributed by atoms with Crippen molar-refractivity contribution in [1.82, 2.24) is 15.1 Å². The number of anilines is 1. The van der Waals surface area contributed by atoms with E-state index < -0.39 is 0 Å². The predicted octanol–water partition coefficient (Wildman–Crippen LogP) is 2.71. The number of nitrogens with one attached hydrogen (secondary N) is 2. The molecule has 0 aromatic heterocycles. The summed E-state index contributed by atoms with van der Waals surface area (Å²) in [5.41, 5.74) is 0.960. The van der Waals surface area contributed by atoms with Crippen molar-refractivity contribution < 1.29 is 19.1 Å². The lowest BCUT2D eigenvalue weighted by atomic mass is 9.95. The maximum absolute atomic E-state index is 12.9. The number of ether oxygens (including phenoxy) is 1. The average Bonchev–Trinajstić information content (AvgIpc) is 3.32. The van der Waals surface area contributed by atoms with Crippen LogP contribution >= 0.6 is 0 Å². The van der Waals surface area contributed by atoms with E-state index in [2.05, 4.69) is 10.6 Å². The molecule has 0 radical (unpaired) electrons. The fraction of sp³-hybridized carbons (Fsp3) is 0.609. The van der Waals surface area contributed by atoms with E-state index >= 15 is 0 Å². The highest BCUT2D eigenvalue weighted by molar-refractivity contribution is 6.04. The molecular formula is C23H34N4O4. The van der Waals surface area contributed by atoms with Gasteiger partial charge in [0, 0.05) is 45.2 Å². The summed E-state index contributed by atoms with van der Waals surface area (Å²) in [5.74, 6) is -0.496. The summed E-state index contributed by atoms with van der Waals surface area (Å²) < 4.78 is 5.55. The summed E-state index contributed by atoms with van der Waals surface area (Å²) in [5, 5.41) is 5.84. The van der Waals surface area contributed by atoms with E-state index in [-0.39, 0.29) is 29.9 Å². The lowest BCUT2D eigenvalue weighted by molar-refractivity contribution is -0.121.